The fourth-order valence-corrected chi connectivity index (χ4v) is 2.65. The Hall–Kier alpha value is -3.34. The minimum Gasteiger partial charge on any atom is -0.508 e. The van der Waals surface area contributed by atoms with Crippen LogP contribution in [0.5, 0.6) is 5.75 Å². The number of hydrogen-bond acceptors (Lipinski definition) is 3. The van der Waals surface area contributed by atoms with Crippen LogP contribution in [0.4, 0.5) is 4.39 Å². The Bertz CT molecular complexity index is 891. The van der Waals surface area contributed by atoms with Crippen molar-refractivity contribution < 1.29 is 14.7 Å². The molecule has 4 N–H and O–H groups in total. The van der Waals surface area contributed by atoms with Crippen molar-refractivity contribution in [2.75, 3.05) is 0 Å². The van der Waals surface area contributed by atoms with Crippen LogP contribution in [0, 0.1) is 5.82 Å². The molecular weight excluding hydrogens is 307 g/mol. The quantitative estimate of drug-likeness (QED) is 0.295. The summed E-state index contributed by atoms with van der Waals surface area (Å²) >= 11 is 0. The van der Waals surface area contributed by atoms with Gasteiger partial charge in [0.05, 0.1) is 0 Å². The van der Waals surface area contributed by atoms with Crippen molar-refractivity contribution in [2.24, 2.45) is 10.9 Å². The summed E-state index contributed by atoms with van der Waals surface area (Å²) in [6.45, 7) is 0. The summed E-state index contributed by atoms with van der Waals surface area (Å²) in [5.74, 6) is -0.555. The average Bonchev–Trinajstić information content (AvgIpc) is 2.61. The first-order valence-electron chi connectivity index (χ1n) is 7.26. The first-order valence-corrected chi connectivity index (χ1v) is 7.26. The van der Waals surface area contributed by atoms with E-state index in [1.807, 2.05) is 30.3 Å². The third kappa shape index (κ3) is 2.92. The van der Waals surface area contributed by atoms with Crippen molar-refractivity contribution in [1.82, 2.24) is 0 Å². The van der Waals surface area contributed by atoms with Gasteiger partial charge in [0.15, 0.2) is 5.84 Å². The molecule has 0 heterocycles. The van der Waals surface area contributed by atoms with Gasteiger partial charge in [-0.15, -0.1) is 0 Å². The van der Waals surface area contributed by atoms with E-state index in [9.17, 15) is 9.50 Å². The van der Waals surface area contributed by atoms with Crippen LogP contribution in [-0.2, 0) is 0 Å². The fraction of sp³-hybridized carbons (Fsp3) is 0. The Balaban J connectivity index is 2.35. The zero-order valence-electron chi connectivity index (χ0n) is 12.6. The third-order valence-electron chi connectivity index (χ3n) is 3.73. The minimum absolute atomic E-state index is 0.119. The van der Waals surface area contributed by atoms with Crippen molar-refractivity contribution in [3.8, 4) is 28.0 Å². The smallest absolute Gasteiger partial charge is 0.170 e. The highest BCUT2D eigenvalue weighted by atomic mass is 19.1. The number of hydrogen-bond donors (Lipinski definition) is 3. The topological polar surface area (TPSA) is 78.8 Å². The zero-order chi connectivity index (χ0) is 17.1. The van der Waals surface area contributed by atoms with Gasteiger partial charge in [-0.2, -0.15) is 0 Å². The van der Waals surface area contributed by atoms with E-state index in [-0.39, 0.29) is 11.6 Å². The molecule has 120 valence electrons. The molecule has 0 saturated heterocycles. The van der Waals surface area contributed by atoms with Gasteiger partial charge in [-0.1, -0.05) is 47.6 Å². The fourth-order valence-electron chi connectivity index (χ4n) is 2.65. The van der Waals surface area contributed by atoms with E-state index in [0.717, 1.165) is 5.56 Å². The SMILES string of the molecule is NC(=NO)c1cc(F)cc(-c2ccc(O)cc2)c1-c1ccccc1. The molecule has 0 unspecified atom stereocenters. The van der Waals surface area contributed by atoms with Crippen molar-refractivity contribution in [2.45, 2.75) is 0 Å². The van der Waals surface area contributed by atoms with Crippen molar-refractivity contribution in [3.05, 3.63) is 78.1 Å². The zero-order valence-corrected chi connectivity index (χ0v) is 12.6. The van der Waals surface area contributed by atoms with Gasteiger partial charge in [0, 0.05) is 11.1 Å². The van der Waals surface area contributed by atoms with Gasteiger partial charge in [0.1, 0.15) is 11.6 Å². The Kier molecular flexibility index (Phi) is 4.16. The van der Waals surface area contributed by atoms with Crippen LogP contribution in [0.1, 0.15) is 5.56 Å². The van der Waals surface area contributed by atoms with Gasteiger partial charge in [-0.25, -0.2) is 4.39 Å². The van der Waals surface area contributed by atoms with Gasteiger partial charge >= 0.3 is 0 Å². The van der Waals surface area contributed by atoms with E-state index >= 15 is 0 Å². The molecule has 0 aromatic heterocycles. The number of rotatable bonds is 3. The van der Waals surface area contributed by atoms with Gasteiger partial charge in [-0.05, 0) is 41.0 Å². The van der Waals surface area contributed by atoms with E-state index in [0.29, 0.717) is 22.3 Å². The number of nitrogens with zero attached hydrogens (tertiary/aromatic N) is 1. The molecule has 24 heavy (non-hydrogen) atoms. The first kappa shape index (κ1) is 15.6. The maximum absolute atomic E-state index is 14.1. The van der Waals surface area contributed by atoms with E-state index in [2.05, 4.69) is 5.16 Å². The molecule has 0 atom stereocenters. The molecule has 3 aromatic carbocycles. The minimum atomic E-state index is -0.501. The molecule has 0 aliphatic heterocycles. The van der Waals surface area contributed by atoms with Gasteiger partial charge in [0.25, 0.3) is 0 Å². The maximum Gasteiger partial charge on any atom is 0.170 e. The second-order valence-corrected chi connectivity index (χ2v) is 5.27. The van der Waals surface area contributed by atoms with Gasteiger partial charge in [0.2, 0.25) is 0 Å². The van der Waals surface area contributed by atoms with Crippen LogP contribution in [0.2, 0.25) is 0 Å². The average molecular weight is 322 g/mol. The normalized spacial score (nSPS) is 11.5. The highest BCUT2D eigenvalue weighted by Gasteiger charge is 2.17. The summed E-state index contributed by atoms with van der Waals surface area (Å²) < 4.78 is 14.1. The lowest BCUT2D eigenvalue weighted by Crippen LogP contribution is -2.15. The number of halogens is 1. The molecule has 0 aliphatic carbocycles. The highest BCUT2D eigenvalue weighted by molar-refractivity contribution is 6.06. The lowest BCUT2D eigenvalue weighted by Gasteiger charge is -2.15. The van der Waals surface area contributed by atoms with Gasteiger partial charge in [-0.3, -0.25) is 0 Å². The number of amidine groups is 1. The number of phenols is 1. The highest BCUT2D eigenvalue weighted by Crippen LogP contribution is 2.36. The summed E-state index contributed by atoms with van der Waals surface area (Å²) in [5, 5.41) is 21.6. The van der Waals surface area contributed by atoms with Crippen molar-refractivity contribution in [1.29, 1.82) is 0 Å². The molecule has 0 spiro atoms. The number of benzene rings is 3. The Labute approximate surface area is 138 Å². The van der Waals surface area contributed by atoms with Crippen LogP contribution in [0.25, 0.3) is 22.3 Å². The van der Waals surface area contributed by atoms with E-state index in [4.69, 9.17) is 10.9 Å². The van der Waals surface area contributed by atoms with E-state index < -0.39 is 5.82 Å². The van der Waals surface area contributed by atoms with E-state index in [1.165, 1.54) is 24.3 Å². The molecule has 5 heteroatoms. The van der Waals surface area contributed by atoms with Crippen molar-refractivity contribution in [3.63, 3.8) is 0 Å². The molecule has 3 rings (SSSR count). The predicted octanol–water partition coefficient (Wildman–Crippen LogP) is 3.96. The summed E-state index contributed by atoms with van der Waals surface area (Å²) in [4.78, 5) is 0. The third-order valence-corrected chi connectivity index (χ3v) is 3.73. The summed E-state index contributed by atoms with van der Waals surface area (Å²) in [5.41, 5.74) is 8.81. The molecule has 4 nitrogen and oxygen atoms in total. The Morgan fingerprint density at radius 3 is 2.21 bits per heavy atom. The molecule has 0 bridgehead atoms. The number of phenolic OH excluding ortho intramolecular Hbond substituents is 1. The predicted molar refractivity (Wildman–Crippen MR) is 91.4 cm³/mol. The second kappa shape index (κ2) is 6.42. The maximum atomic E-state index is 14.1. The second-order valence-electron chi connectivity index (χ2n) is 5.27. The lowest BCUT2D eigenvalue weighted by molar-refractivity contribution is 0.318. The standard InChI is InChI=1S/C19H15FN2O2/c20-14-10-16(12-6-8-15(23)9-7-12)18(13-4-2-1-3-5-13)17(11-14)19(21)22-24/h1-11,23-24H,(H2,21,22). The molecular formula is C19H15FN2O2. The Morgan fingerprint density at radius 1 is 0.917 bits per heavy atom. The van der Waals surface area contributed by atoms with Gasteiger partial charge < -0.3 is 16.0 Å². The lowest BCUT2D eigenvalue weighted by atomic mass is 9.90. The molecule has 0 radical (unpaired) electrons. The van der Waals surface area contributed by atoms with E-state index in [1.54, 1.807) is 12.1 Å². The Morgan fingerprint density at radius 2 is 1.58 bits per heavy atom. The molecule has 0 aliphatic rings. The van der Waals surface area contributed by atoms with Crippen LogP contribution in [-0.4, -0.2) is 16.1 Å². The van der Waals surface area contributed by atoms with Crippen LogP contribution < -0.4 is 5.73 Å². The molecule has 3 aromatic rings. The van der Waals surface area contributed by atoms with Crippen LogP contribution in [0.3, 0.4) is 0 Å². The summed E-state index contributed by atoms with van der Waals surface area (Å²) in [6, 6.07) is 18.4. The van der Waals surface area contributed by atoms with Crippen LogP contribution >= 0.6 is 0 Å². The molecule has 0 fully saturated rings. The molecule has 0 saturated carbocycles. The number of aromatic hydroxyl groups is 1. The first-order chi connectivity index (χ1) is 11.6. The summed E-state index contributed by atoms with van der Waals surface area (Å²) in [6.07, 6.45) is 0. The number of nitrogens with two attached hydrogens (primary N) is 1. The van der Waals surface area contributed by atoms with Crippen LogP contribution in [0.15, 0.2) is 71.9 Å². The summed E-state index contributed by atoms with van der Waals surface area (Å²) in [7, 11) is 0. The molecule has 0 amide bonds. The number of oxime groups is 1. The van der Waals surface area contributed by atoms with Crippen molar-refractivity contribution >= 4 is 5.84 Å². The monoisotopic (exact) mass is 322 g/mol. The largest absolute Gasteiger partial charge is 0.508 e.